The van der Waals surface area contributed by atoms with Crippen molar-refractivity contribution in [1.29, 1.82) is 0 Å². The number of hydrogen-bond donors (Lipinski definition) is 2. The van der Waals surface area contributed by atoms with Crippen LogP contribution in [0.4, 0.5) is 5.82 Å². The van der Waals surface area contributed by atoms with E-state index in [-0.39, 0.29) is 11.3 Å². The summed E-state index contributed by atoms with van der Waals surface area (Å²) in [5, 5.41) is 13.0. The summed E-state index contributed by atoms with van der Waals surface area (Å²) < 4.78 is 19.2. The zero-order valence-corrected chi connectivity index (χ0v) is 17.4. The van der Waals surface area contributed by atoms with Crippen molar-refractivity contribution in [3.05, 3.63) is 11.6 Å². The maximum absolute atomic E-state index is 11.7. The first-order valence-corrected chi connectivity index (χ1v) is 10.0. The van der Waals surface area contributed by atoms with Gasteiger partial charge in [0.1, 0.15) is 12.2 Å². The van der Waals surface area contributed by atoms with E-state index in [1.54, 1.807) is 18.4 Å². The third-order valence-corrected chi connectivity index (χ3v) is 5.44. The predicted octanol–water partition coefficient (Wildman–Crippen LogP) is 2.58. The molecule has 0 bridgehead atoms. The number of ether oxygens (including phenoxy) is 3. The van der Waals surface area contributed by atoms with Gasteiger partial charge in [-0.25, -0.2) is 9.78 Å². The minimum atomic E-state index is -1.16. The van der Waals surface area contributed by atoms with E-state index in [0.717, 1.165) is 12.8 Å². The molecule has 0 radical (unpaired) electrons. The average molecular weight is 426 g/mol. The second kappa shape index (κ2) is 7.35. The van der Waals surface area contributed by atoms with Crippen molar-refractivity contribution >= 4 is 34.6 Å². The normalized spacial score (nSPS) is 28.2. The molecule has 0 aromatic carbocycles. The Kier molecular flexibility index (Phi) is 5.14. The molecule has 2 saturated heterocycles. The van der Waals surface area contributed by atoms with Crippen LogP contribution in [0.1, 0.15) is 46.8 Å². The van der Waals surface area contributed by atoms with Crippen molar-refractivity contribution in [1.82, 2.24) is 19.5 Å². The van der Waals surface area contributed by atoms with E-state index in [1.807, 2.05) is 0 Å². The molecule has 2 aromatic rings. The van der Waals surface area contributed by atoms with Gasteiger partial charge in [0.05, 0.1) is 6.33 Å². The summed E-state index contributed by atoms with van der Waals surface area (Å²) in [7, 11) is 0. The predicted molar refractivity (Wildman–Crippen MR) is 104 cm³/mol. The monoisotopic (exact) mass is 425 g/mol. The first-order valence-electron chi connectivity index (χ1n) is 9.64. The number of hydrogen-bond acceptors (Lipinski definition) is 8. The van der Waals surface area contributed by atoms with E-state index in [9.17, 15) is 9.90 Å². The van der Waals surface area contributed by atoms with Crippen LogP contribution in [0.3, 0.4) is 0 Å². The molecule has 0 amide bonds. The molecule has 4 unspecified atom stereocenters. The number of imidazole rings is 1. The highest BCUT2D eigenvalue weighted by atomic mass is 35.5. The zero-order chi connectivity index (χ0) is 20.9. The number of fused-ring (bicyclic) bond motifs is 2. The largest absolute Gasteiger partial charge is 0.479 e. The van der Waals surface area contributed by atoms with Gasteiger partial charge in [-0.2, -0.15) is 9.97 Å². The number of aromatic nitrogens is 4. The average Bonchev–Trinajstić information content (AvgIpc) is 3.29. The Bertz CT molecular complexity index is 931. The van der Waals surface area contributed by atoms with Gasteiger partial charge in [0.15, 0.2) is 35.1 Å². The highest BCUT2D eigenvalue weighted by Gasteiger charge is 2.58. The highest BCUT2D eigenvalue weighted by Crippen LogP contribution is 2.44. The second-order valence-corrected chi connectivity index (χ2v) is 8.01. The molecule has 29 heavy (non-hydrogen) atoms. The van der Waals surface area contributed by atoms with E-state index < -0.39 is 36.3 Å². The lowest BCUT2D eigenvalue weighted by molar-refractivity contribution is -0.202. The summed E-state index contributed by atoms with van der Waals surface area (Å²) in [5.74, 6) is -1.51. The lowest BCUT2D eigenvalue weighted by Gasteiger charge is -2.23. The number of carboxylic acid groups (broad SMARTS) is 1. The molecule has 10 nitrogen and oxygen atoms in total. The quantitative estimate of drug-likeness (QED) is 0.672. The summed E-state index contributed by atoms with van der Waals surface area (Å²) in [6.45, 7) is 7.64. The number of carbonyl (C=O) groups is 1. The fraction of sp³-hybridized carbons (Fsp3) is 0.667. The van der Waals surface area contributed by atoms with Gasteiger partial charge in [-0.1, -0.05) is 13.8 Å². The van der Waals surface area contributed by atoms with Crippen LogP contribution in [0.25, 0.3) is 11.2 Å². The molecule has 4 heterocycles. The molecule has 158 valence electrons. The Morgan fingerprint density at radius 1 is 1.31 bits per heavy atom. The maximum Gasteiger partial charge on any atom is 0.335 e. The molecule has 0 aliphatic carbocycles. The number of nitrogens with one attached hydrogen (secondary N) is 1. The van der Waals surface area contributed by atoms with Gasteiger partial charge in [-0.15, -0.1) is 0 Å². The van der Waals surface area contributed by atoms with Crippen LogP contribution < -0.4 is 5.32 Å². The lowest BCUT2D eigenvalue weighted by Crippen LogP contribution is -2.35. The van der Waals surface area contributed by atoms with Crippen LogP contribution in [0, 0.1) is 0 Å². The molecular formula is C18H24ClN5O5. The fourth-order valence-electron chi connectivity index (χ4n) is 3.86. The molecule has 0 saturated carbocycles. The molecular weight excluding hydrogens is 402 g/mol. The summed E-state index contributed by atoms with van der Waals surface area (Å²) in [6.07, 6.45) is 0.0434. The molecule has 4 rings (SSSR count). The molecule has 2 aromatic heterocycles. The number of rotatable bonds is 6. The molecule has 4 atom stereocenters. The minimum Gasteiger partial charge on any atom is -0.479 e. The van der Waals surface area contributed by atoms with E-state index in [0.29, 0.717) is 17.0 Å². The van der Waals surface area contributed by atoms with Crippen LogP contribution in [0.2, 0.25) is 5.28 Å². The number of aliphatic carboxylic acids is 1. The van der Waals surface area contributed by atoms with Crippen molar-refractivity contribution < 1.29 is 24.1 Å². The molecule has 2 N–H and O–H groups in total. The zero-order valence-electron chi connectivity index (χ0n) is 16.6. The van der Waals surface area contributed by atoms with Crippen LogP contribution in [0.15, 0.2) is 6.33 Å². The molecule has 2 aliphatic rings. The van der Waals surface area contributed by atoms with Crippen LogP contribution >= 0.6 is 11.6 Å². The second-order valence-electron chi connectivity index (χ2n) is 7.67. The summed E-state index contributed by atoms with van der Waals surface area (Å²) in [4.78, 5) is 24.7. The first kappa shape index (κ1) is 20.3. The van der Waals surface area contributed by atoms with Crippen LogP contribution in [0.5, 0.6) is 0 Å². The van der Waals surface area contributed by atoms with E-state index in [1.165, 1.54) is 6.33 Å². The van der Waals surface area contributed by atoms with Gasteiger partial charge in [0.2, 0.25) is 5.28 Å². The summed E-state index contributed by atoms with van der Waals surface area (Å²) in [5.41, 5.74) is 0.958. The van der Waals surface area contributed by atoms with Crippen molar-refractivity contribution in [2.24, 2.45) is 0 Å². The van der Waals surface area contributed by atoms with Gasteiger partial charge < -0.3 is 24.6 Å². The third kappa shape index (κ3) is 3.54. The Morgan fingerprint density at radius 3 is 2.66 bits per heavy atom. The van der Waals surface area contributed by atoms with E-state index in [4.69, 9.17) is 25.8 Å². The van der Waals surface area contributed by atoms with E-state index >= 15 is 0 Å². The Labute approximate surface area is 172 Å². The number of nitrogens with zero attached hydrogens (tertiary/aromatic N) is 4. The van der Waals surface area contributed by atoms with Gasteiger partial charge in [0.25, 0.3) is 0 Å². The van der Waals surface area contributed by atoms with Crippen molar-refractivity contribution in [2.45, 2.75) is 76.9 Å². The van der Waals surface area contributed by atoms with Crippen molar-refractivity contribution in [3.63, 3.8) is 0 Å². The number of anilines is 1. The molecule has 0 spiro atoms. The van der Waals surface area contributed by atoms with Gasteiger partial charge in [-0.3, -0.25) is 4.57 Å². The first-order chi connectivity index (χ1) is 13.7. The topological polar surface area (TPSA) is 121 Å². The van der Waals surface area contributed by atoms with Gasteiger partial charge in [-0.05, 0) is 38.3 Å². The third-order valence-electron chi connectivity index (χ3n) is 5.27. The highest BCUT2D eigenvalue weighted by molar-refractivity contribution is 6.28. The SMILES string of the molecule is CCC(CC)Nc1nc(Cl)nc2c1ncn2C1OC(C(=O)O)C2OC(C)(C)OC21. The minimum absolute atomic E-state index is 0.0564. The standard InChI is InChI=1S/C18H24ClN5O5/c1-5-8(6-2)21-13-9-14(23-17(19)22-13)24(7-20-9)15-11-10(12(27-15)16(25)26)28-18(3,4)29-11/h7-8,10-12,15H,5-6H2,1-4H3,(H,25,26)(H,21,22,23). The Morgan fingerprint density at radius 2 is 2.00 bits per heavy atom. The van der Waals surface area contributed by atoms with Gasteiger partial charge in [0, 0.05) is 6.04 Å². The van der Waals surface area contributed by atoms with Crippen LogP contribution in [-0.2, 0) is 19.0 Å². The summed E-state index contributed by atoms with van der Waals surface area (Å²) in [6, 6.07) is 0.213. The number of carboxylic acids is 1. The Balaban J connectivity index is 1.75. The molecule has 2 fully saturated rings. The fourth-order valence-corrected chi connectivity index (χ4v) is 4.03. The maximum atomic E-state index is 11.7. The molecule has 11 heteroatoms. The van der Waals surface area contributed by atoms with E-state index in [2.05, 4.69) is 34.1 Å². The molecule has 2 aliphatic heterocycles. The van der Waals surface area contributed by atoms with Crippen LogP contribution in [-0.4, -0.2) is 60.7 Å². The smallest absolute Gasteiger partial charge is 0.335 e. The summed E-state index contributed by atoms with van der Waals surface area (Å²) >= 11 is 6.17. The Hall–Kier alpha value is -2.01. The number of halogens is 1. The lowest BCUT2D eigenvalue weighted by atomic mass is 10.1. The van der Waals surface area contributed by atoms with Crippen molar-refractivity contribution in [2.75, 3.05) is 5.32 Å². The van der Waals surface area contributed by atoms with Gasteiger partial charge >= 0.3 is 5.97 Å². The van der Waals surface area contributed by atoms with Crippen molar-refractivity contribution in [3.8, 4) is 0 Å².